The molecular weight excluding hydrogens is 446 g/mol. The molecule has 0 fully saturated rings. The van der Waals surface area contributed by atoms with Crippen LogP contribution in [0.2, 0.25) is 0 Å². The number of carbonyl (C=O) groups excluding carboxylic acids is 2. The van der Waals surface area contributed by atoms with Crippen LogP contribution in [-0.2, 0) is 11.3 Å². The van der Waals surface area contributed by atoms with E-state index in [9.17, 15) is 9.59 Å². The summed E-state index contributed by atoms with van der Waals surface area (Å²) in [6.07, 6.45) is 1.75. The summed E-state index contributed by atoms with van der Waals surface area (Å²) in [5, 5.41) is 15.3. The van der Waals surface area contributed by atoms with Gasteiger partial charge in [0.25, 0.3) is 5.91 Å². The van der Waals surface area contributed by atoms with E-state index in [1.54, 1.807) is 6.08 Å². The topological polar surface area (TPSA) is 88.9 Å². The minimum absolute atomic E-state index is 0.0737. The molecule has 0 saturated heterocycles. The number of carbonyl (C=O) groups is 2. The molecule has 8 heteroatoms. The summed E-state index contributed by atoms with van der Waals surface area (Å²) in [5.74, 6) is 0.601. The lowest BCUT2D eigenvalue weighted by atomic mass is 10.0. The molecule has 2 aromatic carbocycles. The largest absolute Gasteiger partial charge is 0.342 e. The molecule has 2 N–H and O–H groups in total. The van der Waals surface area contributed by atoms with E-state index in [0.29, 0.717) is 23.1 Å². The summed E-state index contributed by atoms with van der Waals surface area (Å²) in [5.41, 5.74) is 3.52. The zero-order chi connectivity index (χ0) is 24.7. The van der Waals surface area contributed by atoms with E-state index in [-0.39, 0.29) is 29.5 Å². The first-order valence-corrected chi connectivity index (χ1v) is 12.2. The molecule has 0 aliphatic heterocycles. The Hall–Kier alpha value is -3.39. The van der Waals surface area contributed by atoms with Crippen molar-refractivity contribution in [2.24, 2.45) is 5.92 Å². The van der Waals surface area contributed by atoms with Gasteiger partial charge in [-0.05, 0) is 49.6 Å². The summed E-state index contributed by atoms with van der Waals surface area (Å²) in [6, 6.07) is 14.8. The van der Waals surface area contributed by atoms with Gasteiger partial charge in [0, 0.05) is 17.8 Å². The fourth-order valence-corrected chi connectivity index (χ4v) is 4.20. The van der Waals surface area contributed by atoms with Crippen LogP contribution in [0.15, 0.2) is 66.3 Å². The van der Waals surface area contributed by atoms with Crippen LogP contribution in [0.3, 0.4) is 0 Å². The highest BCUT2D eigenvalue weighted by Crippen LogP contribution is 2.26. The van der Waals surface area contributed by atoms with Crippen LogP contribution in [0.1, 0.15) is 47.2 Å². The summed E-state index contributed by atoms with van der Waals surface area (Å²) >= 11 is 1.30. The van der Waals surface area contributed by atoms with Crippen molar-refractivity contribution in [3.8, 4) is 0 Å². The number of nitrogens with zero attached hydrogens (tertiary/aromatic N) is 3. The SMILES string of the molecule is C=CCn1c(SCC(=O)Nc2cccc(C)c2)nnc1[C@@H](NC(=O)c1ccc(C)cc1)C(C)C. The van der Waals surface area contributed by atoms with Crippen LogP contribution >= 0.6 is 11.8 Å². The highest BCUT2D eigenvalue weighted by molar-refractivity contribution is 7.99. The molecule has 3 rings (SSSR count). The summed E-state index contributed by atoms with van der Waals surface area (Å²) in [4.78, 5) is 25.4. The van der Waals surface area contributed by atoms with Crippen molar-refractivity contribution in [3.63, 3.8) is 0 Å². The van der Waals surface area contributed by atoms with E-state index in [4.69, 9.17) is 0 Å². The molecule has 3 aromatic rings. The molecule has 1 atom stereocenters. The number of benzene rings is 2. The fourth-order valence-electron chi connectivity index (χ4n) is 3.45. The Kier molecular flexibility index (Phi) is 8.65. The lowest BCUT2D eigenvalue weighted by Gasteiger charge is -2.22. The van der Waals surface area contributed by atoms with Crippen molar-refractivity contribution >= 4 is 29.3 Å². The Labute approximate surface area is 205 Å². The highest BCUT2D eigenvalue weighted by Gasteiger charge is 2.26. The van der Waals surface area contributed by atoms with Gasteiger partial charge in [0.2, 0.25) is 5.91 Å². The number of amides is 2. The molecule has 0 bridgehead atoms. The Morgan fingerprint density at radius 2 is 1.82 bits per heavy atom. The number of hydrogen-bond acceptors (Lipinski definition) is 5. The average molecular weight is 478 g/mol. The Morgan fingerprint density at radius 3 is 2.47 bits per heavy atom. The molecule has 0 aliphatic carbocycles. The van der Waals surface area contributed by atoms with E-state index in [1.807, 2.05) is 80.8 Å². The second-order valence-corrected chi connectivity index (χ2v) is 9.45. The number of nitrogens with one attached hydrogen (secondary N) is 2. The summed E-state index contributed by atoms with van der Waals surface area (Å²) < 4.78 is 1.90. The predicted molar refractivity (Wildman–Crippen MR) is 137 cm³/mol. The molecule has 0 saturated carbocycles. The number of anilines is 1. The van der Waals surface area contributed by atoms with Gasteiger partial charge >= 0.3 is 0 Å². The zero-order valence-corrected chi connectivity index (χ0v) is 20.9. The summed E-state index contributed by atoms with van der Waals surface area (Å²) in [6.45, 7) is 12.3. The Morgan fingerprint density at radius 1 is 1.09 bits per heavy atom. The van der Waals surface area contributed by atoms with Crippen molar-refractivity contribution < 1.29 is 9.59 Å². The van der Waals surface area contributed by atoms with Crippen molar-refractivity contribution in [2.45, 2.75) is 45.4 Å². The first kappa shape index (κ1) is 25.2. The van der Waals surface area contributed by atoms with E-state index in [1.165, 1.54) is 11.8 Å². The van der Waals surface area contributed by atoms with E-state index in [0.717, 1.165) is 16.8 Å². The number of rotatable bonds is 10. The molecule has 1 heterocycles. The van der Waals surface area contributed by atoms with Gasteiger partial charge in [-0.3, -0.25) is 9.59 Å². The van der Waals surface area contributed by atoms with Crippen LogP contribution in [0.25, 0.3) is 0 Å². The first-order chi connectivity index (χ1) is 16.3. The molecule has 0 aliphatic rings. The molecule has 7 nitrogen and oxygen atoms in total. The minimum Gasteiger partial charge on any atom is -0.342 e. The van der Waals surface area contributed by atoms with Gasteiger partial charge in [0.1, 0.15) is 0 Å². The monoisotopic (exact) mass is 477 g/mol. The second-order valence-electron chi connectivity index (χ2n) is 8.51. The standard InChI is InChI=1S/C26H31N5O2S/c1-6-14-31-24(23(17(2)3)28-25(33)20-12-10-18(4)11-13-20)29-30-26(31)34-16-22(32)27-21-9-7-8-19(5)15-21/h6-13,15,17,23H,1,14,16H2,2-5H3,(H,27,32)(H,28,33)/t23-/m0/s1. The molecule has 2 amide bonds. The van der Waals surface area contributed by atoms with Gasteiger partial charge in [-0.2, -0.15) is 0 Å². The number of allylic oxidation sites excluding steroid dienone is 1. The van der Waals surface area contributed by atoms with E-state index < -0.39 is 0 Å². The number of aromatic nitrogens is 3. The van der Waals surface area contributed by atoms with Crippen LogP contribution in [0.5, 0.6) is 0 Å². The average Bonchev–Trinajstić information content (AvgIpc) is 3.18. The first-order valence-electron chi connectivity index (χ1n) is 11.2. The summed E-state index contributed by atoms with van der Waals surface area (Å²) in [7, 11) is 0. The number of hydrogen-bond donors (Lipinski definition) is 2. The van der Waals surface area contributed by atoms with Crippen LogP contribution in [-0.4, -0.2) is 32.3 Å². The maximum atomic E-state index is 12.9. The van der Waals surface area contributed by atoms with Crippen LogP contribution < -0.4 is 10.6 Å². The maximum Gasteiger partial charge on any atom is 0.251 e. The third-order valence-corrected chi connectivity index (χ3v) is 6.20. The molecular formula is C26H31N5O2S. The zero-order valence-electron chi connectivity index (χ0n) is 20.0. The number of aryl methyl sites for hydroxylation is 2. The van der Waals surface area contributed by atoms with Crippen LogP contribution in [0, 0.1) is 19.8 Å². The van der Waals surface area contributed by atoms with E-state index in [2.05, 4.69) is 27.4 Å². The molecule has 34 heavy (non-hydrogen) atoms. The Balaban J connectivity index is 1.74. The fraction of sp³-hybridized carbons (Fsp3) is 0.308. The van der Waals surface area contributed by atoms with E-state index >= 15 is 0 Å². The third-order valence-electron chi connectivity index (χ3n) is 5.24. The van der Waals surface area contributed by atoms with Gasteiger partial charge in [0.05, 0.1) is 11.8 Å². The molecule has 0 spiro atoms. The normalized spacial score (nSPS) is 11.8. The van der Waals surface area contributed by atoms with Crippen molar-refractivity contribution in [1.29, 1.82) is 0 Å². The lowest BCUT2D eigenvalue weighted by molar-refractivity contribution is -0.113. The Bertz CT molecular complexity index is 1150. The molecule has 0 radical (unpaired) electrons. The molecule has 178 valence electrons. The molecule has 1 aromatic heterocycles. The van der Waals surface area contributed by atoms with Gasteiger partial charge in [-0.15, -0.1) is 16.8 Å². The van der Waals surface area contributed by atoms with Gasteiger partial charge in [0.15, 0.2) is 11.0 Å². The smallest absolute Gasteiger partial charge is 0.251 e. The van der Waals surface area contributed by atoms with Crippen molar-refractivity contribution in [3.05, 3.63) is 83.7 Å². The maximum absolute atomic E-state index is 12.9. The minimum atomic E-state index is -0.350. The molecule has 0 unspecified atom stereocenters. The van der Waals surface area contributed by atoms with Crippen molar-refractivity contribution in [2.75, 3.05) is 11.1 Å². The third kappa shape index (κ3) is 6.57. The van der Waals surface area contributed by atoms with Crippen molar-refractivity contribution in [1.82, 2.24) is 20.1 Å². The van der Waals surface area contributed by atoms with Gasteiger partial charge < -0.3 is 15.2 Å². The second kappa shape index (κ2) is 11.7. The predicted octanol–water partition coefficient (Wildman–Crippen LogP) is 4.94. The lowest BCUT2D eigenvalue weighted by Crippen LogP contribution is -2.33. The van der Waals surface area contributed by atoms with Crippen LogP contribution in [0.4, 0.5) is 5.69 Å². The quantitative estimate of drug-likeness (QED) is 0.319. The highest BCUT2D eigenvalue weighted by atomic mass is 32.2. The van der Waals surface area contributed by atoms with Gasteiger partial charge in [-0.25, -0.2) is 0 Å². The number of thioether (sulfide) groups is 1. The van der Waals surface area contributed by atoms with Gasteiger partial charge in [-0.1, -0.05) is 61.5 Å².